The molecule has 2 rings (SSSR count). The Bertz CT molecular complexity index is 490. The van der Waals surface area contributed by atoms with Crippen molar-refractivity contribution in [2.45, 2.75) is 18.8 Å². The maximum absolute atomic E-state index is 11.7. The fraction of sp³-hybridized carbons (Fsp3) is 0.357. The van der Waals surface area contributed by atoms with Crippen LogP contribution < -0.4 is 11.1 Å². The van der Waals surface area contributed by atoms with Gasteiger partial charge in [0.25, 0.3) is 0 Å². The quantitative estimate of drug-likeness (QED) is 0.793. The van der Waals surface area contributed by atoms with Crippen molar-refractivity contribution in [3.8, 4) is 12.3 Å². The summed E-state index contributed by atoms with van der Waals surface area (Å²) in [5, 5.41) is 2.72. The van der Waals surface area contributed by atoms with Gasteiger partial charge in [0.05, 0.1) is 19.3 Å². The Hall–Kier alpha value is -1.87. The van der Waals surface area contributed by atoms with Crippen molar-refractivity contribution in [3.05, 3.63) is 29.8 Å². The van der Waals surface area contributed by atoms with Crippen molar-refractivity contribution in [2.75, 3.05) is 18.5 Å². The van der Waals surface area contributed by atoms with Gasteiger partial charge in [-0.25, -0.2) is 0 Å². The predicted octanol–water partition coefficient (Wildman–Crippen LogP) is 1.02. The van der Waals surface area contributed by atoms with Gasteiger partial charge in [0.2, 0.25) is 5.91 Å². The number of ether oxygens (including phenoxy) is 2. The molecule has 1 aliphatic heterocycles. The third-order valence-corrected chi connectivity index (χ3v) is 2.72. The van der Waals surface area contributed by atoms with Crippen molar-refractivity contribution in [3.63, 3.8) is 0 Å². The van der Waals surface area contributed by atoms with E-state index in [9.17, 15) is 4.79 Å². The molecular weight excluding hydrogens is 244 g/mol. The minimum absolute atomic E-state index is 0.209. The Kier molecular flexibility index (Phi) is 4.53. The summed E-state index contributed by atoms with van der Waals surface area (Å²) in [7, 11) is 0. The molecule has 0 saturated carbocycles. The Morgan fingerprint density at radius 1 is 1.53 bits per heavy atom. The molecule has 1 aromatic carbocycles. The van der Waals surface area contributed by atoms with Gasteiger partial charge < -0.3 is 20.5 Å². The summed E-state index contributed by atoms with van der Waals surface area (Å²) in [6.07, 6.45) is 4.97. The zero-order valence-electron chi connectivity index (χ0n) is 10.5. The van der Waals surface area contributed by atoms with E-state index in [2.05, 4.69) is 11.2 Å². The number of carbonyl (C=O) groups excluding carboxylic acids is 1. The fourth-order valence-electron chi connectivity index (χ4n) is 1.77. The fourth-order valence-corrected chi connectivity index (χ4v) is 1.77. The maximum atomic E-state index is 11.7. The van der Waals surface area contributed by atoms with Crippen molar-refractivity contribution < 1.29 is 14.3 Å². The summed E-state index contributed by atoms with van der Waals surface area (Å²) in [5.74, 6) is 2.06. The minimum Gasteiger partial charge on any atom is -0.346 e. The van der Waals surface area contributed by atoms with Crippen molar-refractivity contribution in [1.29, 1.82) is 0 Å². The largest absolute Gasteiger partial charge is 0.346 e. The molecule has 0 aliphatic carbocycles. The molecule has 1 fully saturated rings. The lowest BCUT2D eigenvalue weighted by atomic mass is 10.1. The second-order valence-corrected chi connectivity index (χ2v) is 4.20. The maximum Gasteiger partial charge on any atom is 0.242 e. The van der Waals surface area contributed by atoms with E-state index < -0.39 is 6.04 Å². The number of nitrogens with two attached hydrogens (primary N) is 1. The molecule has 1 aliphatic rings. The number of terminal acetylenes is 1. The van der Waals surface area contributed by atoms with E-state index in [1.54, 1.807) is 12.1 Å². The lowest BCUT2D eigenvalue weighted by Crippen LogP contribution is -2.35. The van der Waals surface area contributed by atoms with Crippen LogP contribution in [0.25, 0.3) is 0 Å². The Labute approximate surface area is 112 Å². The highest BCUT2D eigenvalue weighted by Crippen LogP contribution is 2.25. The second-order valence-electron chi connectivity index (χ2n) is 4.20. The van der Waals surface area contributed by atoms with E-state index in [0.717, 1.165) is 5.56 Å². The van der Waals surface area contributed by atoms with Gasteiger partial charge in [-0.3, -0.25) is 4.79 Å². The molecule has 0 aromatic heterocycles. The first-order valence-electron chi connectivity index (χ1n) is 6.04. The minimum atomic E-state index is -0.701. The summed E-state index contributed by atoms with van der Waals surface area (Å²) < 4.78 is 10.8. The number of rotatable bonds is 4. The number of hydrogen-bond donors (Lipinski definition) is 2. The SMILES string of the molecule is C#CCC(N)C(=O)Nc1cccc(C2OCCO2)c1. The monoisotopic (exact) mass is 260 g/mol. The van der Waals surface area contributed by atoms with E-state index in [-0.39, 0.29) is 18.6 Å². The number of amides is 1. The normalized spacial score (nSPS) is 16.8. The third-order valence-electron chi connectivity index (χ3n) is 2.72. The molecule has 1 saturated heterocycles. The Morgan fingerprint density at radius 2 is 2.26 bits per heavy atom. The number of hydrogen-bond acceptors (Lipinski definition) is 4. The van der Waals surface area contributed by atoms with Gasteiger partial charge in [-0.2, -0.15) is 0 Å². The average Bonchev–Trinajstić information content (AvgIpc) is 2.93. The smallest absolute Gasteiger partial charge is 0.242 e. The molecule has 0 bridgehead atoms. The number of nitrogens with one attached hydrogen (secondary N) is 1. The number of benzene rings is 1. The summed E-state index contributed by atoms with van der Waals surface area (Å²) in [4.78, 5) is 11.7. The molecule has 1 amide bonds. The van der Waals surface area contributed by atoms with E-state index >= 15 is 0 Å². The van der Waals surface area contributed by atoms with Crippen LogP contribution in [0.1, 0.15) is 18.3 Å². The van der Waals surface area contributed by atoms with Gasteiger partial charge >= 0.3 is 0 Å². The lowest BCUT2D eigenvalue weighted by molar-refractivity contribution is -0.117. The first-order chi connectivity index (χ1) is 9.20. The summed E-state index contributed by atoms with van der Waals surface area (Å²) in [6.45, 7) is 1.16. The highest BCUT2D eigenvalue weighted by atomic mass is 16.7. The van der Waals surface area contributed by atoms with Crippen LogP contribution in [0.4, 0.5) is 5.69 Å². The molecule has 0 radical (unpaired) electrons. The van der Waals surface area contributed by atoms with Gasteiger partial charge in [-0.05, 0) is 12.1 Å². The van der Waals surface area contributed by atoms with Crippen LogP contribution in [0.2, 0.25) is 0 Å². The molecule has 3 N–H and O–H groups in total. The van der Waals surface area contributed by atoms with E-state index in [0.29, 0.717) is 18.9 Å². The molecular formula is C14H16N2O3. The second kappa shape index (κ2) is 6.34. The molecule has 1 atom stereocenters. The Balaban J connectivity index is 2.02. The van der Waals surface area contributed by atoms with Crippen LogP contribution in [0.15, 0.2) is 24.3 Å². The molecule has 5 heteroatoms. The third kappa shape index (κ3) is 3.55. The van der Waals surface area contributed by atoms with Crippen molar-refractivity contribution in [2.24, 2.45) is 5.73 Å². The van der Waals surface area contributed by atoms with Gasteiger partial charge in [-0.15, -0.1) is 12.3 Å². The van der Waals surface area contributed by atoms with E-state index in [1.165, 1.54) is 0 Å². The number of anilines is 1. The molecule has 19 heavy (non-hydrogen) atoms. The van der Waals surface area contributed by atoms with Crippen LogP contribution in [0.3, 0.4) is 0 Å². The first-order valence-corrected chi connectivity index (χ1v) is 6.04. The number of carbonyl (C=O) groups is 1. The van der Waals surface area contributed by atoms with Crippen LogP contribution in [-0.2, 0) is 14.3 Å². The zero-order valence-corrected chi connectivity index (χ0v) is 10.5. The van der Waals surface area contributed by atoms with Gasteiger partial charge in [0, 0.05) is 17.7 Å². The predicted molar refractivity (Wildman–Crippen MR) is 71.1 cm³/mol. The lowest BCUT2D eigenvalue weighted by Gasteiger charge is -2.13. The van der Waals surface area contributed by atoms with Gasteiger partial charge in [0.1, 0.15) is 0 Å². The van der Waals surface area contributed by atoms with Crippen molar-refractivity contribution >= 4 is 11.6 Å². The van der Waals surface area contributed by atoms with Crippen LogP contribution >= 0.6 is 0 Å². The summed E-state index contributed by atoms with van der Waals surface area (Å²) in [5.41, 5.74) is 7.14. The zero-order chi connectivity index (χ0) is 13.7. The average molecular weight is 260 g/mol. The van der Waals surface area contributed by atoms with Crippen LogP contribution in [0, 0.1) is 12.3 Å². The highest BCUT2D eigenvalue weighted by molar-refractivity contribution is 5.94. The molecule has 5 nitrogen and oxygen atoms in total. The molecule has 1 aromatic rings. The topological polar surface area (TPSA) is 73.6 Å². The van der Waals surface area contributed by atoms with Gasteiger partial charge in [-0.1, -0.05) is 12.1 Å². The molecule has 100 valence electrons. The van der Waals surface area contributed by atoms with Crippen molar-refractivity contribution in [1.82, 2.24) is 0 Å². The summed E-state index contributed by atoms with van der Waals surface area (Å²) >= 11 is 0. The van der Waals surface area contributed by atoms with E-state index in [1.807, 2.05) is 12.1 Å². The standard InChI is InChI=1S/C14H16N2O3/c1-2-4-12(15)13(17)16-11-6-3-5-10(9-11)14-18-7-8-19-14/h1,3,5-6,9,12,14H,4,7-8,15H2,(H,16,17). The van der Waals surface area contributed by atoms with Crippen LogP contribution in [0.5, 0.6) is 0 Å². The Morgan fingerprint density at radius 3 is 2.95 bits per heavy atom. The highest BCUT2D eigenvalue weighted by Gasteiger charge is 2.19. The first kappa shape index (κ1) is 13.6. The molecule has 0 spiro atoms. The molecule has 1 heterocycles. The van der Waals surface area contributed by atoms with Crippen LogP contribution in [-0.4, -0.2) is 25.2 Å². The van der Waals surface area contributed by atoms with Gasteiger partial charge in [0.15, 0.2) is 6.29 Å². The molecule has 1 unspecified atom stereocenters. The van der Waals surface area contributed by atoms with E-state index in [4.69, 9.17) is 21.6 Å². The summed E-state index contributed by atoms with van der Waals surface area (Å²) in [6, 6.07) is 6.58.